The minimum absolute atomic E-state index is 0.224. The third kappa shape index (κ3) is 3.19. The summed E-state index contributed by atoms with van der Waals surface area (Å²) >= 11 is 4.06. The Labute approximate surface area is 85.3 Å². The molecule has 13 heavy (non-hydrogen) atoms. The van der Waals surface area contributed by atoms with Crippen LogP contribution in [0.4, 0.5) is 0 Å². The average Bonchev–Trinajstić information content (AvgIpc) is 2.18. The monoisotopic (exact) mass is 202 g/mol. The molecule has 0 aromatic carbocycles. The highest BCUT2D eigenvalue weighted by molar-refractivity contribution is 7.80. The molecular formula is C9H18N2OS. The van der Waals surface area contributed by atoms with E-state index in [1.165, 1.54) is 0 Å². The lowest BCUT2D eigenvalue weighted by molar-refractivity contribution is -0.131. The van der Waals surface area contributed by atoms with E-state index in [1.54, 1.807) is 0 Å². The molecule has 0 aromatic rings. The summed E-state index contributed by atoms with van der Waals surface area (Å²) in [6.45, 7) is 2.06. The van der Waals surface area contributed by atoms with Crippen molar-refractivity contribution in [2.24, 2.45) is 0 Å². The molecule has 1 rings (SSSR count). The molecule has 0 bridgehead atoms. The zero-order valence-corrected chi connectivity index (χ0v) is 9.02. The first-order valence-electron chi connectivity index (χ1n) is 4.83. The molecule has 0 atom stereocenters. The van der Waals surface area contributed by atoms with E-state index in [0.717, 1.165) is 25.9 Å². The van der Waals surface area contributed by atoms with Gasteiger partial charge in [0.25, 0.3) is 0 Å². The highest BCUT2D eigenvalue weighted by atomic mass is 32.1. The van der Waals surface area contributed by atoms with Gasteiger partial charge in [0.1, 0.15) is 0 Å². The number of nitrogens with zero attached hydrogens (tertiary/aromatic N) is 1. The highest BCUT2D eigenvalue weighted by Gasteiger charge is 2.20. The molecular weight excluding hydrogens is 184 g/mol. The second-order valence-corrected chi connectivity index (χ2v) is 3.91. The lowest BCUT2D eigenvalue weighted by atomic mass is 10.1. The van der Waals surface area contributed by atoms with Crippen molar-refractivity contribution in [1.29, 1.82) is 0 Å². The zero-order valence-electron chi connectivity index (χ0n) is 8.12. The molecule has 1 N–H and O–H groups in total. The number of hydrogen-bond donors (Lipinski definition) is 2. The Morgan fingerprint density at radius 2 is 2.15 bits per heavy atom. The molecule has 0 spiro atoms. The maximum absolute atomic E-state index is 11.5. The lowest BCUT2D eigenvalue weighted by Crippen LogP contribution is -2.44. The van der Waals surface area contributed by atoms with E-state index in [0.29, 0.717) is 18.2 Å². The van der Waals surface area contributed by atoms with Crippen LogP contribution in [0.1, 0.15) is 19.3 Å². The summed E-state index contributed by atoms with van der Waals surface area (Å²) < 4.78 is 0. The topological polar surface area (TPSA) is 32.3 Å². The highest BCUT2D eigenvalue weighted by Crippen LogP contribution is 2.10. The first-order chi connectivity index (χ1) is 6.25. The molecule has 4 heteroatoms. The van der Waals surface area contributed by atoms with Crippen LogP contribution in [-0.4, -0.2) is 42.7 Å². The van der Waals surface area contributed by atoms with Crippen LogP contribution in [0.2, 0.25) is 0 Å². The number of carbonyl (C=O) groups is 1. The minimum atomic E-state index is 0.224. The molecule has 1 saturated heterocycles. The average molecular weight is 202 g/mol. The normalized spacial score (nSPS) is 18.6. The number of hydrogen-bond acceptors (Lipinski definition) is 3. The molecule has 0 unspecified atom stereocenters. The van der Waals surface area contributed by atoms with Gasteiger partial charge in [-0.1, -0.05) is 0 Å². The maximum atomic E-state index is 11.5. The third-order valence-electron chi connectivity index (χ3n) is 2.58. The van der Waals surface area contributed by atoms with Gasteiger partial charge in [-0.2, -0.15) is 12.6 Å². The van der Waals surface area contributed by atoms with Crippen LogP contribution in [0, 0.1) is 0 Å². The van der Waals surface area contributed by atoms with Gasteiger partial charge in [-0.3, -0.25) is 4.79 Å². The first-order valence-corrected chi connectivity index (χ1v) is 5.46. The second kappa shape index (κ2) is 5.50. The van der Waals surface area contributed by atoms with Crippen LogP contribution >= 0.6 is 12.6 Å². The van der Waals surface area contributed by atoms with Crippen LogP contribution in [0.25, 0.3) is 0 Å². The Morgan fingerprint density at radius 3 is 2.69 bits per heavy atom. The van der Waals surface area contributed by atoms with Crippen molar-refractivity contribution in [3.63, 3.8) is 0 Å². The lowest BCUT2D eigenvalue weighted by Gasteiger charge is -2.31. The van der Waals surface area contributed by atoms with Crippen LogP contribution < -0.4 is 5.32 Å². The molecule has 0 aliphatic carbocycles. The van der Waals surface area contributed by atoms with Crippen LogP contribution in [0.3, 0.4) is 0 Å². The summed E-state index contributed by atoms with van der Waals surface area (Å²) in [4.78, 5) is 13.4. The predicted molar refractivity (Wildman–Crippen MR) is 57.1 cm³/mol. The SMILES string of the molecule is CN(C(=O)CCS)C1CCNCC1. The van der Waals surface area contributed by atoms with E-state index in [2.05, 4.69) is 17.9 Å². The maximum Gasteiger partial charge on any atom is 0.223 e. The van der Waals surface area contributed by atoms with Crippen LogP contribution in [-0.2, 0) is 4.79 Å². The van der Waals surface area contributed by atoms with Crippen molar-refractivity contribution >= 4 is 18.5 Å². The summed E-state index contributed by atoms with van der Waals surface area (Å²) in [5.41, 5.74) is 0. The molecule has 0 aromatic heterocycles. The summed E-state index contributed by atoms with van der Waals surface area (Å²) in [5, 5.41) is 3.29. The smallest absolute Gasteiger partial charge is 0.223 e. The Kier molecular flexibility index (Phi) is 4.59. The predicted octanol–water partition coefficient (Wildman–Crippen LogP) is 0.517. The molecule has 1 fully saturated rings. The van der Waals surface area contributed by atoms with Crippen molar-refractivity contribution in [1.82, 2.24) is 10.2 Å². The number of rotatable bonds is 3. The Hall–Kier alpha value is -0.220. The van der Waals surface area contributed by atoms with Crippen molar-refractivity contribution in [2.75, 3.05) is 25.9 Å². The van der Waals surface area contributed by atoms with Crippen molar-refractivity contribution in [3.8, 4) is 0 Å². The van der Waals surface area contributed by atoms with Gasteiger partial charge >= 0.3 is 0 Å². The Bertz CT molecular complexity index is 169. The van der Waals surface area contributed by atoms with Gasteiger partial charge in [-0.15, -0.1) is 0 Å². The number of nitrogens with one attached hydrogen (secondary N) is 1. The van der Waals surface area contributed by atoms with Gasteiger partial charge in [-0.05, 0) is 31.7 Å². The molecule has 3 nitrogen and oxygen atoms in total. The molecule has 1 heterocycles. The Morgan fingerprint density at radius 1 is 1.54 bits per heavy atom. The fraction of sp³-hybridized carbons (Fsp3) is 0.889. The Balaban J connectivity index is 2.35. The van der Waals surface area contributed by atoms with E-state index >= 15 is 0 Å². The summed E-state index contributed by atoms with van der Waals surface area (Å²) in [6.07, 6.45) is 2.72. The fourth-order valence-electron chi connectivity index (χ4n) is 1.67. The van der Waals surface area contributed by atoms with E-state index in [-0.39, 0.29) is 5.91 Å². The second-order valence-electron chi connectivity index (χ2n) is 3.46. The van der Waals surface area contributed by atoms with Crippen molar-refractivity contribution < 1.29 is 4.79 Å². The standard InChI is InChI=1S/C9H18N2OS/c1-11(9(12)4-7-13)8-2-5-10-6-3-8/h8,10,13H,2-7H2,1H3. The molecule has 1 aliphatic rings. The molecule has 1 aliphatic heterocycles. The van der Waals surface area contributed by atoms with E-state index in [9.17, 15) is 4.79 Å². The van der Waals surface area contributed by atoms with E-state index in [1.807, 2.05) is 11.9 Å². The van der Waals surface area contributed by atoms with Crippen LogP contribution in [0.15, 0.2) is 0 Å². The van der Waals surface area contributed by atoms with Crippen LogP contribution in [0.5, 0.6) is 0 Å². The summed E-state index contributed by atoms with van der Waals surface area (Å²) in [5.74, 6) is 0.871. The van der Waals surface area contributed by atoms with Crippen molar-refractivity contribution in [2.45, 2.75) is 25.3 Å². The van der Waals surface area contributed by atoms with Gasteiger partial charge in [0.2, 0.25) is 5.91 Å². The third-order valence-corrected chi connectivity index (χ3v) is 2.80. The summed E-state index contributed by atoms with van der Waals surface area (Å²) in [7, 11) is 1.90. The number of thiol groups is 1. The van der Waals surface area contributed by atoms with Gasteiger partial charge in [0.15, 0.2) is 0 Å². The quantitative estimate of drug-likeness (QED) is 0.654. The molecule has 76 valence electrons. The zero-order chi connectivity index (χ0) is 9.68. The fourth-order valence-corrected chi connectivity index (χ4v) is 1.86. The molecule has 1 amide bonds. The largest absolute Gasteiger partial charge is 0.343 e. The number of piperidine rings is 1. The number of amides is 1. The van der Waals surface area contributed by atoms with Gasteiger partial charge in [0, 0.05) is 19.5 Å². The number of carbonyl (C=O) groups excluding carboxylic acids is 1. The molecule has 0 saturated carbocycles. The van der Waals surface area contributed by atoms with E-state index in [4.69, 9.17) is 0 Å². The van der Waals surface area contributed by atoms with Gasteiger partial charge < -0.3 is 10.2 Å². The van der Waals surface area contributed by atoms with E-state index < -0.39 is 0 Å². The summed E-state index contributed by atoms with van der Waals surface area (Å²) in [6, 6.07) is 0.439. The van der Waals surface area contributed by atoms with Gasteiger partial charge in [0.05, 0.1) is 0 Å². The minimum Gasteiger partial charge on any atom is -0.343 e. The first kappa shape index (κ1) is 10.9. The van der Waals surface area contributed by atoms with Crippen molar-refractivity contribution in [3.05, 3.63) is 0 Å². The van der Waals surface area contributed by atoms with Gasteiger partial charge in [-0.25, -0.2) is 0 Å². The molecule has 0 radical (unpaired) electrons.